The molecule has 3 N–H and O–H groups in total. The van der Waals surface area contributed by atoms with Gasteiger partial charge in [0, 0.05) is 30.1 Å². The summed E-state index contributed by atoms with van der Waals surface area (Å²) in [4.78, 5) is 8.21. The topological polar surface area (TPSA) is 90.5 Å². The number of hydrogen-bond donors (Lipinski definition) is 2. The Balaban J connectivity index is 2.10. The zero-order valence-electron chi connectivity index (χ0n) is 11.6. The van der Waals surface area contributed by atoms with Gasteiger partial charge in [-0.05, 0) is 12.1 Å². The SMILES string of the molecule is COc1nc2c(Oc3ccc(N)cc3F)ccnc2cc1O. The largest absolute Gasteiger partial charge is 0.503 e. The molecule has 0 aliphatic carbocycles. The molecule has 22 heavy (non-hydrogen) atoms. The molecule has 0 spiro atoms. The lowest BCUT2D eigenvalue weighted by Crippen LogP contribution is -1.95. The molecule has 0 aliphatic heterocycles. The fourth-order valence-corrected chi connectivity index (χ4v) is 1.97. The van der Waals surface area contributed by atoms with Gasteiger partial charge in [-0.1, -0.05) is 0 Å². The van der Waals surface area contributed by atoms with Gasteiger partial charge in [0.25, 0.3) is 5.88 Å². The van der Waals surface area contributed by atoms with Crippen LogP contribution < -0.4 is 15.2 Å². The summed E-state index contributed by atoms with van der Waals surface area (Å²) in [5.74, 6) is -0.403. The second-order valence-electron chi connectivity index (χ2n) is 4.49. The van der Waals surface area contributed by atoms with Crippen LogP contribution in [0.1, 0.15) is 0 Å². The summed E-state index contributed by atoms with van der Waals surface area (Å²) in [7, 11) is 1.38. The molecule has 112 valence electrons. The fourth-order valence-electron chi connectivity index (χ4n) is 1.97. The van der Waals surface area contributed by atoms with E-state index in [1.807, 2.05) is 0 Å². The number of methoxy groups -OCH3 is 1. The number of rotatable bonds is 3. The number of aromatic hydroxyl groups is 1. The fraction of sp³-hybridized carbons (Fsp3) is 0.0667. The average Bonchev–Trinajstić information content (AvgIpc) is 2.49. The highest BCUT2D eigenvalue weighted by Gasteiger charge is 2.13. The van der Waals surface area contributed by atoms with Crippen LogP contribution in [0, 0.1) is 5.82 Å². The van der Waals surface area contributed by atoms with Crippen LogP contribution >= 0.6 is 0 Å². The summed E-state index contributed by atoms with van der Waals surface area (Å²) in [5.41, 5.74) is 6.54. The van der Waals surface area contributed by atoms with Gasteiger partial charge >= 0.3 is 0 Å². The number of aromatic nitrogens is 2. The molecule has 0 radical (unpaired) electrons. The molecule has 0 bridgehead atoms. The third-order valence-corrected chi connectivity index (χ3v) is 2.99. The number of hydrogen-bond acceptors (Lipinski definition) is 6. The van der Waals surface area contributed by atoms with Crippen LogP contribution in [0.3, 0.4) is 0 Å². The summed E-state index contributed by atoms with van der Waals surface area (Å²) in [6.45, 7) is 0. The molecule has 6 nitrogen and oxygen atoms in total. The summed E-state index contributed by atoms with van der Waals surface area (Å²) in [5, 5.41) is 9.72. The first-order chi connectivity index (χ1) is 10.6. The zero-order valence-corrected chi connectivity index (χ0v) is 11.6. The lowest BCUT2D eigenvalue weighted by Gasteiger charge is -2.10. The molecule has 3 aromatic rings. The summed E-state index contributed by atoms with van der Waals surface area (Å²) >= 11 is 0. The van der Waals surface area contributed by atoms with E-state index in [1.54, 1.807) is 6.07 Å². The van der Waals surface area contributed by atoms with Gasteiger partial charge in [-0.25, -0.2) is 9.37 Å². The molecule has 3 rings (SSSR count). The van der Waals surface area contributed by atoms with Crippen molar-refractivity contribution in [3.05, 3.63) is 42.3 Å². The average molecular weight is 301 g/mol. The van der Waals surface area contributed by atoms with Crippen molar-refractivity contribution >= 4 is 16.7 Å². The van der Waals surface area contributed by atoms with E-state index in [-0.39, 0.29) is 23.1 Å². The number of pyridine rings is 2. The highest BCUT2D eigenvalue weighted by molar-refractivity contribution is 5.83. The molecule has 0 aliphatic rings. The first-order valence-corrected chi connectivity index (χ1v) is 6.34. The first-order valence-electron chi connectivity index (χ1n) is 6.34. The number of fused-ring (bicyclic) bond motifs is 1. The Hall–Kier alpha value is -3.09. The van der Waals surface area contributed by atoms with Gasteiger partial charge in [-0.3, -0.25) is 4.98 Å². The minimum absolute atomic E-state index is 0.00976. The lowest BCUT2D eigenvalue weighted by molar-refractivity contribution is 0.360. The van der Waals surface area contributed by atoms with Gasteiger partial charge in [0.05, 0.1) is 12.6 Å². The van der Waals surface area contributed by atoms with Crippen molar-refractivity contribution in [2.45, 2.75) is 0 Å². The van der Waals surface area contributed by atoms with E-state index in [9.17, 15) is 9.50 Å². The van der Waals surface area contributed by atoms with E-state index in [0.717, 1.165) is 0 Å². The molecular weight excluding hydrogens is 289 g/mol. The van der Waals surface area contributed by atoms with Crippen LogP contribution in [-0.2, 0) is 0 Å². The van der Waals surface area contributed by atoms with Gasteiger partial charge in [-0.2, -0.15) is 0 Å². The Kier molecular flexibility index (Phi) is 3.38. The van der Waals surface area contributed by atoms with Crippen LogP contribution in [0.2, 0.25) is 0 Å². The molecule has 2 aromatic heterocycles. The molecule has 0 saturated heterocycles. The standard InChI is InChI=1S/C15H12FN3O3/c1-21-15-11(20)7-10-14(19-15)13(4-5-18-10)22-12-3-2-8(17)6-9(12)16/h2-7,20H,17H2,1H3. The first kappa shape index (κ1) is 13.9. The Morgan fingerprint density at radius 3 is 2.73 bits per heavy atom. The smallest absolute Gasteiger partial charge is 0.257 e. The quantitative estimate of drug-likeness (QED) is 0.723. The molecule has 1 aromatic carbocycles. The maximum atomic E-state index is 13.8. The molecule has 0 amide bonds. The van der Waals surface area contributed by atoms with Crippen LogP contribution in [-0.4, -0.2) is 22.2 Å². The van der Waals surface area contributed by atoms with Crippen molar-refractivity contribution in [3.63, 3.8) is 0 Å². The van der Waals surface area contributed by atoms with Crippen molar-refractivity contribution in [1.29, 1.82) is 0 Å². The van der Waals surface area contributed by atoms with Gasteiger partial charge < -0.3 is 20.3 Å². The normalized spacial score (nSPS) is 10.6. The molecule has 0 saturated carbocycles. The van der Waals surface area contributed by atoms with E-state index in [0.29, 0.717) is 16.7 Å². The van der Waals surface area contributed by atoms with E-state index in [4.69, 9.17) is 15.2 Å². The molecule has 0 fully saturated rings. The van der Waals surface area contributed by atoms with Crippen molar-refractivity contribution < 1.29 is 19.0 Å². The van der Waals surface area contributed by atoms with Crippen molar-refractivity contribution in [2.24, 2.45) is 0 Å². The summed E-state index contributed by atoms with van der Waals surface area (Å²) < 4.78 is 24.3. The van der Waals surface area contributed by atoms with E-state index >= 15 is 0 Å². The summed E-state index contributed by atoms with van der Waals surface area (Å²) in [6, 6.07) is 7.06. The van der Waals surface area contributed by atoms with E-state index < -0.39 is 5.82 Å². The number of ether oxygens (including phenoxy) is 2. The highest BCUT2D eigenvalue weighted by Crippen LogP contribution is 2.34. The number of benzene rings is 1. The van der Waals surface area contributed by atoms with Crippen molar-refractivity contribution in [2.75, 3.05) is 12.8 Å². The maximum Gasteiger partial charge on any atom is 0.257 e. The Bertz CT molecular complexity index is 855. The number of halogens is 1. The monoisotopic (exact) mass is 301 g/mol. The molecule has 0 unspecified atom stereocenters. The number of nitrogen functional groups attached to an aromatic ring is 1. The Morgan fingerprint density at radius 1 is 1.18 bits per heavy atom. The minimum atomic E-state index is -0.587. The Morgan fingerprint density at radius 2 is 2.00 bits per heavy atom. The van der Waals surface area contributed by atoms with E-state index in [1.165, 1.54) is 37.6 Å². The van der Waals surface area contributed by atoms with Gasteiger partial charge in [0.1, 0.15) is 5.52 Å². The number of nitrogens with zero attached hydrogens (tertiary/aromatic N) is 2. The molecule has 0 atom stereocenters. The molecular formula is C15H12FN3O3. The van der Waals surface area contributed by atoms with Crippen LogP contribution in [0.15, 0.2) is 36.5 Å². The molecule has 7 heteroatoms. The van der Waals surface area contributed by atoms with Crippen LogP contribution in [0.4, 0.5) is 10.1 Å². The third-order valence-electron chi connectivity index (χ3n) is 2.99. The van der Waals surface area contributed by atoms with Crippen molar-refractivity contribution in [3.8, 4) is 23.1 Å². The van der Waals surface area contributed by atoms with Gasteiger partial charge in [-0.15, -0.1) is 0 Å². The van der Waals surface area contributed by atoms with Crippen molar-refractivity contribution in [1.82, 2.24) is 9.97 Å². The summed E-state index contributed by atoms with van der Waals surface area (Å²) in [6.07, 6.45) is 1.47. The van der Waals surface area contributed by atoms with Crippen LogP contribution in [0.5, 0.6) is 23.1 Å². The van der Waals surface area contributed by atoms with E-state index in [2.05, 4.69) is 9.97 Å². The minimum Gasteiger partial charge on any atom is -0.503 e. The second kappa shape index (κ2) is 5.36. The lowest BCUT2D eigenvalue weighted by atomic mass is 10.2. The third kappa shape index (κ3) is 2.44. The number of nitrogens with two attached hydrogens (primary N) is 1. The second-order valence-corrected chi connectivity index (χ2v) is 4.49. The van der Waals surface area contributed by atoms with Crippen LogP contribution in [0.25, 0.3) is 11.0 Å². The highest BCUT2D eigenvalue weighted by atomic mass is 19.1. The zero-order chi connectivity index (χ0) is 15.7. The Labute approximate surface area is 125 Å². The van der Waals surface area contributed by atoms with Gasteiger partial charge in [0.15, 0.2) is 23.1 Å². The maximum absolute atomic E-state index is 13.8. The predicted octanol–water partition coefficient (Wildman–Crippen LogP) is 2.86. The van der Waals surface area contributed by atoms with Gasteiger partial charge in [0.2, 0.25) is 0 Å². The molecule has 2 heterocycles. The number of anilines is 1. The predicted molar refractivity (Wildman–Crippen MR) is 78.6 cm³/mol.